The molecule has 0 spiro atoms. The topological polar surface area (TPSA) is 109 Å². The average molecular weight is 356 g/mol. The first kappa shape index (κ1) is 16.5. The minimum absolute atomic E-state index is 0.136. The maximum atomic E-state index is 12.7. The summed E-state index contributed by atoms with van der Waals surface area (Å²) < 4.78 is 11.0. The second-order valence-electron chi connectivity index (χ2n) is 6.57. The van der Waals surface area contributed by atoms with Crippen molar-refractivity contribution in [1.82, 2.24) is 25.2 Å². The van der Waals surface area contributed by atoms with Crippen LogP contribution in [0.2, 0.25) is 0 Å². The van der Waals surface area contributed by atoms with Gasteiger partial charge in [-0.25, -0.2) is 4.79 Å². The van der Waals surface area contributed by atoms with Gasteiger partial charge >= 0.3 is 6.03 Å². The molecule has 1 aliphatic rings. The highest BCUT2D eigenvalue weighted by Crippen LogP contribution is 2.26. The van der Waals surface area contributed by atoms with Crippen LogP contribution in [0.5, 0.6) is 0 Å². The van der Waals surface area contributed by atoms with Crippen LogP contribution in [0.3, 0.4) is 0 Å². The van der Waals surface area contributed by atoms with Gasteiger partial charge in [-0.15, -0.1) is 0 Å². The number of nitrogens with one attached hydrogen (secondary N) is 2. The first-order valence-electron chi connectivity index (χ1n) is 8.45. The van der Waals surface area contributed by atoms with Crippen molar-refractivity contribution in [2.45, 2.75) is 33.0 Å². The van der Waals surface area contributed by atoms with E-state index in [-0.39, 0.29) is 12.1 Å². The Hall–Kier alpha value is -2.94. The summed E-state index contributed by atoms with van der Waals surface area (Å²) in [5.41, 5.74) is 2.64. The average Bonchev–Trinajstić information content (AvgIpc) is 3.23. The van der Waals surface area contributed by atoms with Gasteiger partial charge in [-0.3, -0.25) is 5.10 Å². The molecule has 1 saturated heterocycles. The fourth-order valence-corrected chi connectivity index (χ4v) is 3.20. The van der Waals surface area contributed by atoms with Crippen molar-refractivity contribution in [3.05, 3.63) is 35.6 Å². The number of nitrogens with zero attached hydrogens (tertiary/aromatic N) is 4. The molecule has 3 aromatic rings. The lowest BCUT2D eigenvalue weighted by Crippen LogP contribution is -2.47. The van der Waals surface area contributed by atoms with Crippen molar-refractivity contribution < 1.29 is 14.1 Å². The molecule has 1 aromatic carbocycles. The van der Waals surface area contributed by atoms with Gasteiger partial charge in [0.2, 0.25) is 0 Å². The molecule has 2 aromatic heterocycles. The van der Waals surface area contributed by atoms with Crippen molar-refractivity contribution in [1.29, 1.82) is 0 Å². The van der Waals surface area contributed by atoms with Gasteiger partial charge in [0.1, 0.15) is 0 Å². The highest BCUT2D eigenvalue weighted by molar-refractivity contribution is 5.93. The van der Waals surface area contributed by atoms with Crippen molar-refractivity contribution >= 4 is 22.6 Å². The molecule has 0 bridgehead atoms. The van der Waals surface area contributed by atoms with E-state index in [1.807, 2.05) is 26.0 Å². The molecular formula is C17H20N6O3. The normalized spacial score (nSPS) is 20.5. The third-order valence-corrected chi connectivity index (χ3v) is 4.38. The lowest BCUT2D eigenvalue weighted by atomic mass is 10.1. The summed E-state index contributed by atoms with van der Waals surface area (Å²) in [6.45, 7) is 6.48. The highest BCUT2D eigenvalue weighted by atomic mass is 16.5. The minimum Gasteiger partial charge on any atom is -0.362 e. The molecule has 0 aliphatic carbocycles. The fourth-order valence-electron chi connectivity index (χ4n) is 3.20. The molecule has 26 heavy (non-hydrogen) atoms. The van der Waals surface area contributed by atoms with Gasteiger partial charge in [0.05, 0.1) is 24.4 Å². The number of hydrogen-bond acceptors (Lipinski definition) is 6. The minimum atomic E-state index is -0.428. The van der Waals surface area contributed by atoms with E-state index in [0.29, 0.717) is 30.5 Å². The molecule has 136 valence electrons. The van der Waals surface area contributed by atoms with Crippen LogP contribution in [0.1, 0.15) is 30.3 Å². The molecule has 2 N–H and O–H groups in total. The number of urea groups is 1. The van der Waals surface area contributed by atoms with E-state index in [0.717, 1.165) is 16.5 Å². The van der Waals surface area contributed by atoms with E-state index < -0.39 is 6.10 Å². The zero-order valence-electron chi connectivity index (χ0n) is 14.8. The Kier molecular flexibility index (Phi) is 4.08. The molecule has 0 radical (unpaired) electrons. The number of rotatable bonds is 2. The molecule has 2 amide bonds. The zero-order chi connectivity index (χ0) is 18.3. The standard InChI is InChI=1S/C17H20N6O3/c1-9-4-12(5-14-13(9)6-18-21-14)20-17(24)23-7-10(2)25-15(8-23)16-19-11(3)22-26-16/h4-6,10,15H,7-8H2,1-3H3,(H,18,21)(H,20,24)/t10-,15-/m0/s1. The molecule has 4 rings (SSSR count). The van der Waals surface area contributed by atoms with Crippen LogP contribution < -0.4 is 5.32 Å². The van der Waals surface area contributed by atoms with Crippen molar-refractivity contribution in [2.75, 3.05) is 18.4 Å². The van der Waals surface area contributed by atoms with Gasteiger partial charge in [-0.05, 0) is 38.5 Å². The Morgan fingerprint density at radius 2 is 2.19 bits per heavy atom. The zero-order valence-corrected chi connectivity index (χ0v) is 14.8. The number of aromatic nitrogens is 4. The summed E-state index contributed by atoms with van der Waals surface area (Å²) >= 11 is 0. The Morgan fingerprint density at radius 1 is 1.35 bits per heavy atom. The molecular weight excluding hydrogens is 336 g/mol. The van der Waals surface area contributed by atoms with E-state index in [1.165, 1.54) is 0 Å². The second-order valence-corrected chi connectivity index (χ2v) is 6.57. The maximum absolute atomic E-state index is 12.7. The first-order chi connectivity index (χ1) is 12.5. The van der Waals surface area contributed by atoms with Gasteiger partial charge in [0.15, 0.2) is 11.9 Å². The number of hydrogen-bond donors (Lipinski definition) is 2. The molecule has 0 saturated carbocycles. The summed E-state index contributed by atoms with van der Waals surface area (Å²) in [4.78, 5) is 18.7. The molecule has 1 fully saturated rings. The Bertz CT molecular complexity index is 949. The molecule has 3 heterocycles. The summed E-state index contributed by atoms with van der Waals surface area (Å²) in [5.74, 6) is 0.933. The van der Waals surface area contributed by atoms with Crippen LogP contribution in [0.25, 0.3) is 10.9 Å². The van der Waals surface area contributed by atoms with Gasteiger partial charge in [0, 0.05) is 17.6 Å². The third-order valence-electron chi connectivity index (χ3n) is 4.38. The van der Waals surface area contributed by atoms with Crippen molar-refractivity contribution in [2.24, 2.45) is 0 Å². The molecule has 1 aliphatic heterocycles. The summed E-state index contributed by atoms with van der Waals surface area (Å²) in [6.07, 6.45) is 1.21. The number of morpholine rings is 1. The van der Waals surface area contributed by atoms with E-state index >= 15 is 0 Å². The summed E-state index contributed by atoms with van der Waals surface area (Å²) in [6, 6.07) is 3.61. The number of ether oxygens (including phenoxy) is 1. The Labute approximate surface area is 149 Å². The molecule has 2 atom stereocenters. The van der Waals surface area contributed by atoms with Gasteiger partial charge in [-0.1, -0.05) is 5.16 Å². The molecule has 9 nitrogen and oxygen atoms in total. The SMILES string of the molecule is Cc1noc([C@@H]2CN(C(=O)Nc3cc(C)c4cn[nH]c4c3)C[C@H](C)O2)n1. The van der Waals surface area contributed by atoms with Gasteiger partial charge in [0.25, 0.3) is 5.89 Å². The number of carbonyl (C=O) groups is 1. The lowest BCUT2D eigenvalue weighted by molar-refractivity contribution is -0.0769. The van der Waals surface area contributed by atoms with Crippen LogP contribution in [-0.4, -0.2) is 50.5 Å². The maximum Gasteiger partial charge on any atom is 0.322 e. The highest BCUT2D eigenvalue weighted by Gasteiger charge is 2.32. The number of fused-ring (bicyclic) bond motifs is 1. The second kappa shape index (κ2) is 6.41. The Balaban J connectivity index is 1.51. The predicted octanol–water partition coefficient (Wildman–Crippen LogP) is 2.56. The molecule has 0 unspecified atom stereocenters. The van der Waals surface area contributed by atoms with E-state index in [2.05, 4.69) is 25.7 Å². The fraction of sp³-hybridized carbons (Fsp3) is 0.412. The summed E-state index contributed by atoms with van der Waals surface area (Å²) in [5, 5.41) is 14.7. The van der Waals surface area contributed by atoms with Crippen LogP contribution in [0.15, 0.2) is 22.9 Å². The smallest absolute Gasteiger partial charge is 0.322 e. The number of aromatic amines is 1. The Morgan fingerprint density at radius 3 is 2.96 bits per heavy atom. The number of carbonyl (C=O) groups excluding carboxylic acids is 1. The number of benzene rings is 1. The predicted molar refractivity (Wildman–Crippen MR) is 93.7 cm³/mol. The lowest BCUT2D eigenvalue weighted by Gasteiger charge is -2.35. The first-order valence-corrected chi connectivity index (χ1v) is 8.45. The van der Waals surface area contributed by atoms with Crippen LogP contribution >= 0.6 is 0 Å². The van der Waals surface area contributed by atoms with Crippen molar-refractivity contribution in [3.63, 3.8) is 0 Å². The van der Waals surface area contributed by atoms with Gasteiger partial charge in [-0.2, -0.15) is 10.1 Å². The molecule has 9 heteroatoms. The van der Waals surface area contributed by atoms with Crippen LogP contribution in [0, 0.1) is 13.8 Å². The monoisotopic (exact) mass is 356 g/mol. The number of amides is 2. The largest absolute Gasteiger partial charge is 0.362 e. The van der Waals surface area contributed by atoms with Crippen molar-refractivity contribution in [3.8, 4) is 0 Å². The van der Waals surface area contributed by atoms with Gasteiger partial charge < -0.3 is 19.5 Å². The third kappa shape index (κ3) is 3.13. The van der Waals surface area contributed by atoms with E-state index in [9.17, 15) is 4.79 Å². The van der Waals surface area contributed by atoms with E-state index in [1.54, 1.807) is 18.0 Å². The van der Waals surface area contributed by atoms with Crippen LogP contribution in [0.4, 0.5) is 10.5 Å². The number of anilines is 1. The van der Waals surface area contributed by atoms with Crippen LogP contribution in [-0.2, 0) is 4.74 Å². The number of aryl methyl sites for hydroxylation is 2. The quantitative estimate of drug-likeness (QED) is 0.730. The number of H-pyrrole nitrogens is 1. The van der Waals surface area contributed by atoms with E-state index in [4.69, 9.17) is 9.26 Å². The summed E-state index contributed by atoms with van der Waals surface area (Å²) in [7, 11) is 0.